The molecule has 2 aromatic rings. The molecular formula is C10H11N5O. The monoisotopic (exact) mass is 217 g/mol. The number of nitrogens with two attached hydrogens (primary N) is 1. The van der Waals surface area contributed by atoms with Crippen molar-refractivity contribution in [3.63, 3.8) is 0 Å². The molecule has 2 aromatic heterocycles. The molecule has 3 rings (SSSR count). The van der Waals surface area contributed by atoms with Gasteiger partial charge in [-0.15, -0.1) is 0 Å². The summed E-state index contributed by atoms with van der Waals surface area (Å²) in [6.07, 6.45) is 2.14. The number of nitrogen functional groups attached to an aromatic ring is 1. The number of aromatic nitrogens is 3. The summed E-state index contributed by atoms with van der Waals surface area (Å²) in [5.41, 5.74) is 7.35. The average molecular weight is 217 g/mol. The lowest BCUT2D eigenvalue weighted by molar-refractivity contribution is -0.119. The average Bonchev–Trinajstić information content (AvgIpc) is 2.80. The maximum absolute atomic E-state index is 11.2. The van der Waals surface area contributed by atoms with Gasteiger partial charge in [-0.2, -0.15) is 0 Å². The van der Waals surface area contributed by atoms with Crippen molar-refractivity contribution in [2.45, 2.75) is 12.5 Å². The van der Waals surface area contributed by atoms with E-state index in [-0.39, 0.29) is 11.9 Å². The first kappa shape index (κ1) is 9.14. The Kier molecular flexibility index (Phi) is 1.82. The van der Waals surface area contributed by atoms with Gasteiger partial charge in [0.05, 0.1) is 6.04 Å². The van der Waals surface area contributed by atoms with Crippen molar-refractivity contribution >= 4 is 23.0 Å². The van der Waals surface area contributed by atoms with E-state index in [0.717, 1.165) is 11.2 Å². The molecule has 1 atom stereocenters. The Bertz CT molecular complexity index is 561. The summed E-state index contributed by atoms with van der Waals surface area (Å²) < 4.78 is 1.83. The zero-order valence-corrected chi connectivity index (χ0v) is 8.55. The lowest BCUT2D eigenvalue weighted by Gasteiger charge is -2.11. The molecule has 1 fully saturated rings. The quantitative estimate of drug-likeness (QED) is 0.708. The van der Waals surface area contributed by atoms with Gasteiger partial charge in [0.2, 0.25) is 11.9 Å². The fourth-order valence-corrected chi connectivity index (χ4v) is 2.08. The molecule has 16 heavy (non-hydrogen) atoms. The van der Waals surface area contributed by atoms with Gasteiger partial charge < -0.3 is 11.1 Å². The van der Waals surface area contributed by atoms with Crippen LogP contribution in [0, 0.1) is 0 Å². The number of hydrogen-bond acceptors (Lipinski definition) is 4. The van der Waals surface area contributed by atoms with Crippen LogP contribution in [0.25, 0.3) is 11.2 Å². The zero-order valence-electron chi connectivity index (χ0n) is 8.55. The lowest BCUT2D eigenvalue weighted by atomic mass is 10.2. The van der Waals surface area contributed by atoms with Crippen LogP contribution in [0.5, 0.6) is 0 Å². The summed E-state index contributed by atoms with van der Waals surface area (Å²) in [5, 5.41) is 2.78. The largest absolute Gasteiger partial charge is 0.369 e. The number of hydrogen-bond donors (Lipinski definition) is 2. The van der Waals surface area contributed by atoms with Crippen LogP contribution >= 0.6 is 0 Å². The van der Waals surface area contributed by atoms with Crippen molar-refractivity contribution in [1.82, 2.24) is 19.9 Å². The van der Waals surface area contributed by atoms with E-state index >= 15 is 0 Å². The third kappa shape index (κ3) is 1.23. The van der Waals surface area contributed by atoms with E-state index in [2.05, 4.69) is 15.3 Å². The molecule has 1 amide bonds. The minimum atomic E-state index is 0.0207. The second-order valence-electron chi connectivity index (χ2n) is 3.85. The number of carbonyl (C=O) groups is 1. The minimum absolute atomic E-state index is 0.0207. The number of fused-ring (bicyclic) bond motifs is 1. The molecule has 1 aliphatic heterocycles. The molecule has 0 saturated carbocycles. The van der Waals surface area contributed by atoms with Crippen LogP contribution in [0.4, 0.5) is 5.95 Å². The van der Waals surface area contributed by atoms with E-state index < -0.39 is 0 Å². The van der Waals surface area contributed by atoms with Gasteiger partial charge in [-0.25, -0.2) is 9.97 Å². The van der Waals surface area contributed by atoms with Crippen LogP contribution in [0.2, 0.25) is 0 Å². The van der Waals surface area contributed by atoms with Gasteiger partial charge >= 0.3 is 0 Å². The van der Waals surface area contributed by atoms with Gasteiger partial charge in [-0.1, -0.05) is 0 Å². The SMILES string of the molecule is Nc1nc2cccnc2n1C1CNC(=O)C1. The van der Waals surface area contributed by atoms with Crippen LogP contribution in [-0.2, 0) is 4.79 Å². The Hall–Kier alpha value is -2.11. The number of amides is 1. The molecule has 0 bridgehead atoms. The lowest BCUT2D eigenvalue weighted by Crippen LogP contribution is -2.16. The number of carbonyl (C=O) groups excluding carboxylic acids is 1. The molecule has 0 spiro atoms. The number of nitrogens with zero attached hydrogens (tertiary/aromatic N) is 3. The van der Waals surface area contributed by atoms with E-state index in [1.165, 1.54) is 0 Å². The van der Waals surface area contributed by atoms with Crippen molar-refractivity contribution in [2.24, 2.45) is 0 Å². The fourth-order valence-electron chi connectivity index (χ4n) is 2.08. The molecule has 0 aliphatic carbocycles. The van der Waals surface area contributed by atoms with E-state index in [0.29, 0.717) is 18.9 Å². The molecule has 1 saturated heterocycles. The van der Waals surface area contributed by atoms with E-state index in [4.69, 9.17) is 5.73 Å². The summed E-state index contributed by atoms with van der Waals surface area (Å²) in [7, 11) is 0. The highest BCUT2D eigenvalue weighted by Gasteiger charge is 2.26. The molecule has 3 heterocycles. The van der Waals surface area contributed by atoms with Gasteiger partial charge in [0.25, 0.3) is 0 Å². The maximum atomic E-state index is 11.2. The number of nitrogens with one attached hydrogen (secondary N) is 1. The number of imidazole rings is 1. The predicted octanol–water partition coefficient (Wildman–Crippen LogP) is 0.0745. The van der Waals surface area contributed by atoms with Crippen LogP contribution in [0.3, 0.4) is 0 Å². The highest BCUT2D eigenvalue weighted by molar-refractivity contribution is 5.80. The van der Waals surface area contributed by atoms with E-state index in [1.807, 2.05) is 16.7 Å². The Morgan fingerprint density at radius 2 is 2.44 bits per heavy atom. The second kappa shape index (κ2) is 3.19. The van der Waals surface area contributed by atoms with Gasteiger partial charge in [0.15, 0.2) is 5.65 Å². The van der Waals surface area contributed by atoms with Gasteiger partial charge in [-0.05, 0) is 12.1 Å². The molecule has 0 aromatic carbocycles. The summed E-state index contributed by atoms with van der Waals surface area (Å²) in [6.45, 7) is 0.588. The summed E-state index contributed by atoms with van der Waals surface area (Å²) in [6, 6.07) is 3.70. The zero-order chi connectivity index (χ0) is 11.1. The normalized spacial score (nSPS) is 20.2. The fraction of sp³-hybridized carbons (Fsp3) is 0.300. The van der Waals surface area contributed by atoms with Gasteiger partial charge in [0.1, 0.15) is 5.52 Å². The smallest absolute Gasteiger partial charge is 0.222 e. The second-order valence-corrected chi connectivity index (χ2v) is 3.85. The van der Waals surface area contributed by atoms with Crippen LogP contribution in [-0.4, -0.2) is 27.0 Å². The topological polar surface area (TPSA) is 85.8 Å². The van der Waals surface area contributed by atoms with Crippen molar-refractivity contribution in [3.05, 3.63) is 18.3 Å². The summed E-state index contributed by atoms with van der Waals surface area (Å²) >= 11 is 0. The highest BCUT2D eigenvalue weighted by Crippen LogP contribution is 2.24. The minimum Gasteiger partial charge on any atom is -0.369 e. The van der Waals surface area contributed by atoms with Gasteiger partial charge in [0, 0.05) is 19.2 Å². The van der Waals surface area contributed by atoms with Crippen molar-refractivity contribution in [2.75, 3.05) is 12.3 Å². The van der Waals surface area contributed by atoms with Crippen molar-refractivity contribution in [3.8, 4) is 0 Å². The number of pyridine rings is 1. The first-order valence-corrected chi connectivity index (χ1v) is 5.11. The summed E-state index contributed by atoms with van der Waals surface area (Å²) in [5.74, 6) is 0.456. The molecule has 82 valence electrons. The molecular weight excluding hydrogens is 206 g/mol. The van der Waals surface area contributed by atoms with Crippen LogP contribution in [0.1, 0.15) is 12.5 Å². The van der Waals surface area contributed by atoms with Crippen LogP contribution in [0.15, 0.2) is 18.3 Å². The highest BCUT2D eigenvalue weighted by atomic mass is 16.1. The summed E-state index contributed by atoms with van der Waals surface area (Å²) in [4.78, 5) is 19.7. The predicted molar refractivity (Wildman–Crippen MR) is 58.6 cm³/mol. The first-order valence-electron chi connectivity index (χ1n) is 5.11. The van der Waals surface area contributed by atoms with E-state index in [1.54, 1.807) is 6.20 Å². The van der Waals surface area contributed by atoms with E-state index in [9.17, 15) is 4.79 Å². The molecule has 1 unspecified atom stereocenters. The third-order valence-corrected chi connectivity index (χ3v) is 2.80. The Labute approximate surface area is 91.5 Å². The van der Waals surface area contributed by atoms with Crippen LogP contribution < -0.4 is 11.1 Å². The third-order valence-electron chi connectivity index (χ3n) is 2.80. The molecule has 6 heteroatoms. The standard InChI is InChI=1S/C10H11N5O/c11-10-14-7-2-1-3-12-9(7)15(10)6-4-8(16)13-5-6/h1-3,6H,4-5H2,(H2,11,14)(H,13,16). The molecule has 0 radical (unpaired) electrons. The number of rotatable bonds is 1. The molecule has 6 nitrogen and oxygen atoms in total. The Morgan fingerprint density at radius 3 is 3.19 bits per heavy atom. The molecule has 3 N–H and O–H groups in total. The van der Waals surface area contributed by atoms with Crippen molar-refractivity contribution < 1.29 is 4.79 Å². The first-order chi connectivity index (χ1) is 7.75. The number of anilines is 1. The Morgan fingerprint density at radius 1 is 1.56 bits per heavy atom. The molecule has 1 aliphatic rings. The Balaban J connectivity index is 2.15. The van der Waals surface area contributed by atoms with Gasteiger partial charge in [-0.3, -0.25) is 9.36 Å². The maximum Gasteiger partial charge on any atom is 0.222 e. The van der Waals surface area contributed by atoms with Crippen molar-refractivity contribution in [1.29, 1.82) is 0 Å².